The van der Waals surface area contributed by atoms with Gasteiger partial charge in [0.1, 0.15) is 0 Å². The van der Waals surface area contributed by atoms with Crippen LogP contribution in [0.4, 0.5) is 0 Å². The molecule has 2 rings (SSSR count). The normalized spacial score (nSPS) is 20.7. The first kappa shape index (κ1) is 15.3. The second-order valence-electron chi connectivity index (χ2n) is 5.62. The molecule has 2 N–H and O–H groups in total. The number of rotatable bonds is 5. The van der Waals surface area contributed by atoms with Gasteiger partial charge in [-0.25, -0.2) is 0 Å². The van der Waals surface area contributed by atoms with Gasteiger partial charge >= 0.3 is 0 Å². The summed E-state index contributed by atoms with van der Waals surface area (Å²) in [4.78, 5) is 3.82. The smallest absolute Gasteiger partial charge is 0.0931 e. The average molecular weight is 301 g/mol. The molecule has 1 saturated carbocycles. The van der Waals surface area contributed by atoms with Gasteiger partial charge in [-0.1, -0.05) is 37.8 Å². The van der Waals surface area contributed by atoms with E-state index in [4.69, 9.17) is 17.3 Å². The Kier molecular flexibility index (Phi) is 5.70. The fourth-order valence-electron chi connectivity index (χ4n) is 3.14. The molecule has 2 nitrogen and oxygen atoms in total. The average Bonchev–Trinajstić information content (AvgIpc) is 2.86. The van der Waals surface area contributed by atoms with Crippen molar-refractivity contribution < 1.29 is 0 Å². The van der Waals surface area contributed by atoms with Crippen LogP contribution in [0.5, 0.6) is 0 Å². The molecule has 0 saturated heterocycles. The molecule has 1 fully saturated rings. The van der Waals surface area contributed by atoms with Crippen LogP contribution >= 0.6 is 22.9 Å². The summed E-state index contributed by atoms with van der Waals surface area (Å²) in [6.45, 7) is 2.17. The maximum Gasteiger partial charge on any atom is 0.0931 e. The molecular weight excluding hydrogens is 276 g/mol. The highest BCUT2D eigenvalue weighted by molar-refractivity contribution is 7.16. The van der Waals surface area contributed by atoms with Crippen LogP contribution in [0.25, 0.3) is 0 Å². The molecule has 1 aliphatic rings. The monoisotopic (exact) mass is 300 g/mol. The molecule has 2 unspecified atom stereocenters. The van der Waals surface area contributed by atoms with Gasteiger partial charge in [-0.05, 0) is 38.4 Å². The summed E-state index contributed by atoms with van der Waals surface area (Å²) in [6, 6.07) is 5.31. The number of hydrogen-bond acceptors (Lipinski definition) is 3. The molecular formula is C15H25ClN2S. The Morgan fingerprint density at radius 2 is 2.05 bits per heavy atom. The Morgan fingerprint density at radius 3 is 2.58 bits per heavy atom. The summed E-state index contributed by atoms with van der Waals surface area (Å²) in [5.41, 5.74) is 6.39. The lowest BCUT2D eigenvalue weighted by atomic mass is 9.92. The van der Waals surface area contributed by atoms with Crippen LogP contribution in [-0.2, 0) is 0 Å². The number of thiophene rings is 1. The Bertz CT molecular complexity index is 387. The summed E-state index contributed by atoms with van der Waals surface area (Å²) in [5.74, 6) is 0. The van der Waals surface area contributed by atoms with Gasteiger partial charge in [-0.2, -0.15) is 0 Å². The maximum atomic E-state index is 6.39. The third-order valence-electron chi connectivity index (χ3n) is 4.35. The standard InChI is InChI=1S/C15H25ClN2S/c1-3-12(17)15(13-9-10-14(16)19-13)18(2)11-7-5-4-6-8-11/h9-12,15H,3-8,17H2,1-2H3. The number of nitrogens with zero attached hydrogens (tertiary/aromatic N) is 1. The molecule has 19 heavy (non-hydrogen) atoms. The minimum absolute atomic E-state index is 0.182. The van der Waals surface area contributed by atoms with Crippen molar-refractivity contribution in [2.24, 2.45) is 5.73 Å². The Labute approximate surface area is 125 Å². The SMILES string of the molecule is CCC(N)C(c1ccc(Cl)s1)N(C)C1CCCCC1. The van der Waals surface area contributed by atoms with Crippen molar-refractivity contribution >= 4 is 22.9 Å². The van der Waals surface area contributed by atoms with Gasteiger partial charge in [-0.15, -0.1) is 11.3 Å². The lowest BCUT2D eigenvalue weighted by Gasteiger charge is -2.39. The molecule has 4 heteroatoms. The molecule has 0 amide bonds. The molecule has 2 atom stereocenters. The first-order chi connectivity index (χ1) is 9.13. The van der Waals surface area contributed by atoms with Gasteiger partial charge in [-0.3, -0.25) is 4.90 Å². The minimum Gasteiger partial charge on any atom is -0.326 e. The summed E-state index contributed by atoms with van der Waals surface area (Å²) in [7, 11) is 2.24. The highest BCUT2D eigenvalue weighted by atomic mass is 35.5. The molecule has 0 bridgehead atoms. The van der Waals surface area contributed by atoms with E-state index < -0.39 is 0 Å². The maximum absolute atomic E-state index is 6.39. The predicted molar refractivity (Wildman–Crippen MR) is 85.0 cm³/mol. The van der Waals surface area contributed by atoms with Crippen LogP contribution in [0.3, 0.4) is 0 Å². The van der Waals surface area contributed by atoms with Crippen LogP contribution in [0, 0.1) is 0 Å². The molecule has 1 aromatic rings. The Morgan fingerprint density at radius 1 is 1.37 bits per heavy atom. The van der Waals surface area contributed by atoms with Gasteiger partial charge in [0.2, 0.25) is 0 Å². The van der Waals surface area contributed by atoms with Crippen LogP contribution in [-0.4, -0.2) is 24.0 Å². The van der Waals surface area contributed by atoms with Gasteiger partial charge in [0.05, 0.1) is 10.4 Å². The topological polar surface area (TPSA) is 29.3 Å². The molecule has 0 aromatic carbocycles. The van der Waals surface area contributed by atoms with Crippen LogP contribution in [0.15, 0.2) is 12.1 Å². The van der Waals surface area contributed by atoms with Gasteiger partial charge in [0.25, 0.3) is 0 Å². The van der Waals surface area contributed by atoms with E-state index in [1.54, 1.807) is 11.3 Å². The fraction of sp³-hybridized carbons (Fsp3) is 0.733. The van der Waals surface area contributed by atoms with Crippen molar-refractivity contribution in [1.29, 1.82) is 0 Å². The summed E-state index contributed by atoms with van der Waals surface area (Å²) in [6.07, 6.45) is 7.71. The van der Waals surface area contributed by atoms with Crippen molar-refractivity contribution in [3.63, 3.8) is 0 Å². The van der Waals surface area contributed by atoms with Gasteiger partial charge in [0, 0.05) is 17.0 Å². The van der Waals surface area contributed by atoms with Crippen molar-refractivity contribution in [1.82, 2.24) is 4.90 Å². The summed E-state index contributed by atoms with van der Waals surface area (Å²) < 4.78 is 0.861. The molecule has 108 valence electrons. The zero-order valence-electron chi connectivity index (χ0n) is 11.9. The van der Waals surface area contributed by atoms with Crippen molar-refractivity contribution in [2.45, 2.75) is 63.6 Å². The number of halogens is 1. The molecule has 0 aliphatic heterocycles. The number of likely N-dealkylation sites (N-methyl/N-ethyl adjacent to an activating group) is 1. The number of hydrogen-bond donors (Lipinski definition) is 1. The fourth-order valence-corrected chi connectivity index (χ4v) is 4.43. The van der Waals surface area contributed by atoms with E-state index in [1.807, 2.05) is 6.07 Å². The second-order valence-corrected chi connectivity index (χ2v) is 7.36. The first-order valence-electron chi connectivity index (χ1n) is 7.36. The van der Waals surface area contributed by atoms with E-state index in [0.29, 0.717) is 12.1 Å². The van der Waals surface area contributed by atoms with Gasteiger partial charge in [0.15, 0.2) is 0 Å². The highest BCUT2D eigenvalue weighted by Crippen LogP contribution is 2.35. The van der Waals surface area contributed by atoms with E-state index >= 15 is 0 Å². The Hall–Kier alpha value is -0.0900. The van der Waals surface area contributed by atoms with E-state index in [2.05, 4.69) is 24.9 Å². The predicted octanol–water partition coefficient (Wildman–Crippen LogP) is 4.44. The molecule has 1 heterocycles. The summed E-state index contributed by atoms with van der Waals surface area (Å²) >= 11 is 7.78. The van der Waals surface area contributed by atoms with Crippen LogP contribution in [0.2, 0.25) is 4.34 Å². The molecule has 1 aliphatic carbocycles. The minimum atomic E-state index is 0.182. The lowest BCUT2D eigenvalue weighted by molar-refractivity contribution is 0.120. The summed E-state index contributed by atoms with van der Waals surface area (Å²) in [5, 5.41) is 0. The molecule has 1 aromatic heterocycles. The molecule has 0 spiro atoms. The van der Waals surface area contributed by atoms with Crippen LogP contribution < -0.4 is 5.73 Å². The highest BCUT2D eigenvalue weighted by Gasteiger charge is 2.30. The number of nitrogens with two attached hydrogens (primary N) is 1. The molecule has 0 radical (unpaired) electrons. The van der Waals surface area contributed by atoms with E-state index in [1.165, 1.54) is 37.0 Å². The Balaban J connectivity index is 2.16. The third-order valence-corrected chi connectivity index (χ3v) is 5.65. The zero-order chi connectivity index (χ0) is 13.8. The van der Waals surface area contributed by atoms with Crippen LogP contribution in [0.1, 0.15) is 56.4 Å². The second kappa shape index (κ2) is 7.07. The zero-order valence-corrected chi connectivity index (χ0v) is 13.5. The quantitative estimate of drug-likeness (QED) is 0.871. The van der Waals surface area contributed by atoms with Crippen molar-refractivity contribution in [3.05, 3.63) is 21.3 Å². The van der Waals surface area contributed by atoms with Crippen molar-refractivity contribution in [2.75, 3.05) is 7.05 Å². The lowest BCUT2D eigenvalue weighted by Crippen LogP contribution is -2.44. The van der Waals surface area contributed by atoms with Gasteiger partial charge < -0.3 is 5.73 Å². The van der Waals surface area contributed by atoms with Crippen molar-refractivity contribution in [3.8, 4) is 0 Å². The first-order valence-corrected chi connectivity index (χ1v) is 8.55. The van der Waals surface area contributed by atoms with E-state index in [9.17, 15) is 0 Å². The largest absolute Gasteiger partial charge is 0.326 e. The third kappa shape index (κ3) is 3.72. The van der Waals surface area contributed by atoms with E-state index in [-0.39, 0.29) is 6.04 Å². The van der Waals surface area contributed by atoms with E-state index in [0.717, 1.165) is 10.8 Å².